The number of pyridine rings is 1. The predicted molar refractivity (Wildman–Crippen MR) is 141 cm³/mol. The first-order chi connectivity index (χ1) is 19.0. The van der Waals surface area contributed by atoms with Gasteiger partial charge in [-0.05, 0) is 38.0 Å². The summed E-state index contributed by atoms with van der Waals surface area (Å²) in [5, 5.41) is -0.0277. The van der Waals surface area contributed by atoms with E-state index >= 15 is 0 Å². The van der Waals surface area contributed by atoms with E-state index in [9.17, 15) is 27.0 Å². The Bertz CT molecular complexity index is 1390. The molecule has 1 aliphatic carbocycles. The van der Waals surface area contributed by atoms with Gasteiger partial charge in [-0.3, -0.25) is 14.0 Å². The Hall–Kier alpha value is -3.48. The van der Waals surface area contributed by atoms with Crippen molar-refractivity contribution in [3.05, 3.63) is 47.8 Å². The molecule has 216 valence electrons. The zero-order valence-corrected chi connectivity index (χ0v) is 23.1. The van der Waals surface area contributed by atoms with Crippen molar-refractivity contribution in [1.29, 1.82) is 0 Å². The first-order valence-electron chi connectivity index (χ1n) is 13.0. The van der Waals surface area contributed by atoms with Crippen molar-refractivity contribution in [3.8, 4) is 5.75 Å². The van der Waals surface area contributed by atoms with Crippen LogP contribution in [0.5, 0.6) is 5.75 Å². The third kappa shape index (κ3) is 7.18. The van der Waals surface area contributed by atoms with E-state index in [1.807, 2.05) is 0 Å². The van der Waals surface area contributed by atoms with E-state index in [2.05, 4.69) is 9.97 Å². The summed E-state index contributed by atoms with van der Waals surface area (Å²) < 4.78 is 63.0. The number of hydrogen-bond donors (Lipinski definition) is 0. The number of rotatable bonds is 9. The van der Waals surface area contributed by atoms with Crippen LogP contribution >= 0.6 is 0 Å². The number of halogens is 3. The molecular weight excluding hydrogens is 549 g/mol. The van der Waals surface area contributed by atoms with Gasteiger partial charge in [0.05, 0.1) is 45.7 Å². The number of amides is 1. The molecule has 1 atom stereocenters. The molecule has 2 heterocycles. The Morgan fingerprint density at radius 3 is 2.60 bits per heavy atom. The maximum absolute atomic E-state index is 13.5. The second-order valence-corrected chi connectivity index (χ2v) is 11.0. The molecule has 1 aromatic carbocycles. The van der Waals surface area contributed by atoms with Gasteiger partial charge in [-0.1, -0.05) is 31.4 Å². The maximum atomic E-state index is 13.5. The highest BCUT2D eigenvalue weighted by Crippen LogP contribution is 2.27. The van der Waals surface area contributed by atoms with Crippen LogP contribution in [0.4, 0.5) is 18.0 Å². The summed E-state index contributed by atoms with van der Waals surface area (Å²) in [6.07, 6.45) is 1.53. The van der Waals surface area contributed by atoms with Crippen molar-refractivity contribution < 1.29 is 36.4 Å². The lowest BCUT2D eigenvalue weighted by molar-refractivity contribution is -0.153. The number of imidazole rings is 1. The number of carbonyl (C=O) groups is 2. The molecule has 0 N–H and O–H groups in total. The molecule has 40 heavy (non-hydrogen) atoms. The first-order valence-corrected chi connectivity index (χ1v) is 14.3. The zero-order valence-electron chi connectivity index (χ0n) is 22.3. The van der Waals surface area contributed by atoms with Gasteiger partial charge in [-0.15, -0.1) is 0 Å². The highest BCUT2D eigenvalue weighted by molar-refractivity contribution is 7.84. The van der Waals surface area contributed by atoms with E-state index in [1.54, 1.807) is 31.3 Å². The van der Waals surface area contributed by atoms with Crippen LogP contribution in [-0.2, 0) is 26.1 Å². The van der Waals surface area contributed by atoms with Crippen molar-refractivity contribution in [1.82, 2.24) is 19.4 Å². The van der Waals surface area contributed by atoms with Crippen molar-refractivity contribution >= 4 is 33.8 Å². The topological polar surface area (TPSA) is 104 Å². The average Bonchev–Trinajstić information content (AvgIpc) is 3.32. The Morgan fingerprint density at radius 2 is 1.88 bits per heavy atom. The summed E-state index contributed by atoms with van der Waals surface area (Å²) in [5.41, 5.74) is 1.45. The summed E-state index contributed by atoms with van der Waals surface area (Å²) in [6, 6.07) is 7.60. The van der Waals surface area contributed by atoms with Crippen LogP contribution in [0.15, 0.2) is 41.7 Å². The van der Waals surface area contributed by atoms with Crippen molar-refractivity contribution in [3.63, 3.8) is 0 Å². The minimum Gasteiger partial charge on any atom is -0.484 e. The Labute approximate surface area is 232 Å². The van der Waals surface area contributed by atoms with E-state index in [4.69, 9.17) is 9.47 Å². The van der Waals surface area contributed by atoms with Crippen LogP contribution in [0, 0.1) is 12.8 Å². The number of alkyl halides is 3. The summed E-state index contributed by atoms with van der Waals surface area (Å²) in [5.74, 6) is -0.573. The molecule has 1 aliphatic rings. The summed E-state index contributed by atoms with van der Waals surface area (Å²) >= 11 is 0. The summed E-state index contributed by atoms with van der Waals surface area (Å²) in [6.45, 7) is 0.209. The molecule has 0 spiro atoms. The quantitative estimate of drug-likeness (QED) is 0.328. The minimum absolute atomic E-state index is 0.0218. The molecule has 0 aliphatic heterocycles. The Kier molecular flexibility index (Phi) is 9.44. The van der Waals surface area contributed by atoms with Gasteiger partial charge in [-0.2, -0.15) is 13.2 Å². The van der Waals surface area contributed by atoms with Gasteiger partial charge >= 0.3 is 18.2 Å². The molecule has 1 fully saturated rings. The number of ether oxygens (including phenoxy) is 2. The van der Waals surface area contributed by atoms with E-state index in [1.165, 1.54) is 28.7 Å². The van der Waals surface area contributed by atoms with Gasteiger partial charge in [0.15, 0.2) is 6.61 Å². The van der Waals surface area contributed by atoms with Crippen LogP contribution in [0.3, 0.4) is 0 Å². The van der Waals surface area contributed by atoms with Crippen LogP contribution in [0.2, 0.25) is 0 Å². The number of para-hydroxylation sites is 2. The molecule has 0 bridgehead atoms. The molecule has 4 rings (SSSR count). The monoisotopic (exact) mass is 580 g/mol. The molecule has 0 radical (unpaired) electrons. The van der Waals surface area contributed by atoms with Crippen molar-refractivity contribution in [2.24, 2.45) is 5.92 Å². The van der Waals surface area contributed by atoms with E-state index in [-0.39, 0.29) is 47.4 Å². The van der Waals surface area contributed by atoms with E-state index in [0.717, 1.165) is 32.1 Å². The fourth-order valence-electron chi connectivity index (χ4n) is 4.56. The SMILES string of the molecule is Cc1c(OCC(F)(F)F)ccnc1C[S@](=O)c1nc2ccccc2n1C(=O)N(C)CCOC(=O)C1CCCCC1. The van der Waals surface area contributed by atoms with E-state index in [0.29, 0.717) is 16.6 Å². The highest BCUT2D eigenvalue weighted by atomic mass is 32.2. The number of fused-ring (bicyclic) bond motifs is 1. The van der Waals surface area contributed by atoms with Crippen molar-refractivity contribution in [2.75, 3.05) is 26.8 Å². The van der Waals surface area contributed by atoms with Gasteiger partial charge in [0.1, 0.15) is 12.4 Å². The fraction of sp³-hybridized carbons (Fsp3) is 0.481. The normalized spacial score (nSPS) is 15.1. The number of benzene rings is 1. The van der Waals surface area contributed by atoms with Gasteiger partial charge in [0.2, 0.25) is 5.16 Å². The zero-order chi connectivity index (χ0) is 28.9. The third-order valence-electron chi connectivity index (χ3n) is 6.78. The molecule has 0 unspecified atom stereocenters. The second-order valence-electron chi connectivity index (χ2n) is 9.70. The minimum atomic E-state index is -4.51. The van der Waals surface area contributed by atoms with Crippen LogP contribution < -0.4 is 4.74 Å². The van der Waals surface area contributed by atoms with Gasteiger partial charge in [0.25, 0.3) is 0 Å². The molecule has 0 saturated heterocycles. The molecule has 1 saturated carbocycles. The average molecular weight is 581 g/mol. The van der Waals surface area contributed by atoms with Crippen LogP contribution in [0.1, 0.15) is 43.4 Å². The van der Waals surface area contributed by atoms with Gasteiger partial charge in [0, 0.05) is 18.8 Å². The molecular formula is C27H31F3N4O5S. The number of aromatic nitrogens is 3. The maximum Gasteiger partial charge on any atom is 0.422 e. The molecule has 2 aromatic heterocycles. The smallest absolute Gasteiger partial charge is 0.422 e. The lowest BCUT2D eigenvalue weighted by Crippen LogP contribution is -2.35. The van der Waals surface area contributed by atoms with Gasteiger partial charge in [-0.25, -0.2) is 14.3 Å². The highest BCUT2D eigenvalue weighted by Gasteiger charge is 2.29. The largest absolute Gasteiger partial charge is 0.484 e. The number of nitrogens with zero attached hydrogens (tertiary/aromatic N) is 4. The summed E-state index contributed by atoms with van der Waals surface area (Å²) in [7, 11) is -0.346. The summed E-state index contributed by atoms with van der Waals surface area (Å²) in [4.78, 5) is 35.8. The fourth-order valence-corrected chi connectivity index (χ4v) is 5.81. The molecule has 1 amide bonds. The van der Waals surface area contributed by atoms with Gasteiger partial charge < -0.3 is 14.4 Å². The third-order valence-corrected chi connectivity index (χ3v) is 8.00. The standard InChI is InChI=1S/C27H31F3N4O5S/c1-18-21(31-13-12-23(18)39-17-27(28,29)30)16-40(37)25-32-20-10-6-7-11-22(20)34(25)26(36)33(2)14-15-38-24(35)19-8-4-3-5-9-19/h6-7,10-13,19H,3-5,8-9,14-17H2,1-2H3/t40-/m0/s1. The van der Waals surface area contributed by atoms with E-state index < -0.39 is 29.6 Å². The first kappa shape index (κ1) is 29.5. The predicted octanol–water partition coefficient (Wildman–Crippen LogP) is 5.01. The lowest BCUT2D eigenvalue weighted by atomic mass is 9.89. The van der Waals surface area contributed by atoms with Crippen LogP contribution in [0.25, 0.3) is 11.0 Å². The Balaban J connectivity index is 1.50. The second kappa shape index (κ2) is 12.8. The number of hydrogen-bond acceptors (Lipinski definition) is 7. The Morgan fingerprint density at radius 1 is 1.15 bits per heavy atom. The van der Waals surface area contributed by atoms with Crippen LogP contribution in [-0.4, -0.2) is 68.6 Å². The number of likely N-dealkylation sites (N-methyl/N-ethyl adjacent to an activating group) is 1. The number of esters is 1. The number of carbonyl (C=O) groups excluding carboxylic acids is 2. The molecule has 9 nitrogen and oxygen atoms in total. The lowest BCUT2D eigenvalue weighted by Gasteiger charge is -2.22. The van der Waals surface area contributed by atoms with Crippen molar-refractivity contribution in [2.45, 2.75) is 56.1 Å². The molecule has 3 aromatic rings. The molecule has 13 heteroatoms.